The van der Waals surface area contributed by atoms with Gasteiger partial charge in [-0.3, -0.25) is 0 Å². The molecule has 0 spiro atoms. The highest BCUT2D eigenvalue weighted by molar-refractivity contribution is 6.22. The van der Waals surface area contributed by atoms with E-state index in [1.165, 1.54) is 93.2 Å². The van der Waals surface area contributed by atoms with Crippen molar-refractivity contribution in [3.05, 3.63) is 200 Å². The normalized spacial score (nSPS) is 15.9. The summed E-state index contributed by atoms with van der Waals surface area (Å²) in [5.41, 5.74) is 11.2. The first-order valence-electron chi connectivity index (χ1n) is 18.5. The van der Waals surface area contributed by atoms with Crippen LogP contribution in [0.3, 0.4) is 0 Å². The summed E-state index contributed by atoms with van der Waals surface area (Å²) in [6.45, 7) is 0. The molecule has 248 valence electrons. The summed E-state index contributed by atoms with van der Waals surface area (Å²) in [6, 6.07) is 62.7. The molecule has 9 aromatic rings. The van der Waals surface area contributed by atoms with Crippen molar-refractivity contribution in [2.24, 2.45) is 0 Å². The van der Waals surface area contributed by atoms with Gasteiger partial charge in [-0.25, -0.2) is 0 Å². The molecule has 2 atom stereocenters. The van der Waals surface area contributed by atoms with Crippen molar-refractivity contribution in [1.29, 1.82) is 0 Å². The molecule has 11 rings (SSSR count). The molecule has 0 aromatic heterocycles. The Morgan fingerprint density at radius 2 is 0.887 bits per heavy atom. The highest BCUT2D eigenvalue weighted by Crippen LogP contribution is 2.47. The third-order valence-corrected chi connectivity index (χ3v) is 11.4. The van der Waals surface area contributed by atoms with Crippen molar-refractivity contribution in [2.45, 2.75) is 12.0 Å². The molecule has 0 saturated heterocycles. The van der Waals surface area contributed by atoms with Crippen LogP contribution in [0.2, 0.25) is 0 Å². The number of rotatable bonds is 4. The topological polar surface area (TPSA) is 9.23 Å². The van der Waals surface area contributed by atoms with Gasteiger partial charge in [0, 0.05) is 11.5 Å². The fraction of sp³-hybridized carbons (Fsp3) is 0.0385. The smallest absolute Gasteiger partial charge is 0.128 e. The second kappa shape index (κ2) is 11.9. The van der Waals surface area contributed by atoms with Gasteiger partial charge in [0.15, 0.2) is 0 Å². The van der Waals surface area contributed by atoms with Crippen LogP contribution in [0.4, 0.5) is 0 Å². The van der Waals surface area contributed by atoms with Crippen molar-refractivity contribution in [3.63, 3.8) is 0 Å². The Labute approximate surface area is 308 Å². The maximum atomic E-state index is 6.27. The van der Waals surface area contributed by atoms with Crippen molar-refractivity contribution < 1.29 is 4.74 Å². The maximum Gasteiger partial charge on any atom is 0.128 e. The van der Waals surface area contributed by atoms with Crippen LogP contribution in [0.1, 0.15) is 11.5 Å². The van der Waals surface area contributed by atoms with Crippen LogP contribution in [0.25, 0.3) is 87.6 Å². The monoisotopic (exact) mass is 674 g/mol. The number of hydrogen-bond acceptors (Lipinski definition) is 1. The molecular weight excluding hydrogens is 641 g/mol. The Kier molecular flexibility index (Phi) is 6.75. The minimum absolute atomic E-state index is 0.0840. The zero-order valence-corrected chi connectivity index (χ0v) is 29.0. The van der Waals surface area contributed by atoms with Crippen LogP contribution in [0.5, 0.6) is 5.75 Å². The minimum Gasteiger partial charge on any atom is -0.485 e. The summed E-state index contributed by atoms with van der Waals surface area (Å²) < 4.78 is 6.27. The van der Waals surface area contributed by atoms with Gasteiger partial charge in [-0.05, 0) is 118 Å². The second-order valence-corrected chi connectivity index (χ2v) is 14.3. The zero-order chi connectivity index (χ0) is 34.9. The quantitative estimate of drug-likeness (QED) is 0.169. The molecule has 1 aliphatic carbocycles. The summed E-state index contributed by atoms with van der Waals surface area (Å²) in [5, 5.41) is 10.1. The molecule has 0 radical (unpaired) electrons. The molecule has 1 heteroatoms. The molecule has 0 N–H and O–H groups in total. The van der Waals surface area contributed by atoms with Gasteiger partial charge in [0.2, 0.25) is 0 Å². The van der Waals surface area contributed by atoms with E-state index >= 15 is 0 Å². The van der Waals surface area contributed by atoms with Crippen LogP contribution in [-0.4, -0.2) is 6.10 Å². The lowest BCUT2D eigenvalue weighted by Gasteiger charge is -2.19. The van der Waals surface area contributed by atoms with Crippen molar-refractivity contribution in [2.75, 3.05) is 0 Å². The lowest BCUT2D eigenvalue weighted by molar-refractivity contribution is 0.269. The fourth-order valence-electron chi connectivity index (χ4n) is 8.95. The fourth-order valence-corrected chi connectivity index (χ4v) is 8.95. The van der Waals surface area contributed by atoms with Crippen molar-refractivity contribution >= 4 is 43.1 Å². The minimum atomic E-state index is 0.0840. The number of fused-ring (bicyclic) bond motifs is 7. The van der Waals surface area contributed by atoms with Crippen molar-refractivity contribution in [3.8, 4) is 50.3 Å². The average Bonchev–Trinajstić information content (AvgIpc) is 3.60. The second-order valence-electron chi connectivity index (χ2n) is 14.3. The Morgan fingerprint density at radius 3 is 1.57 bits per heavy atom. The van der Waals surface area contributed by atoms with Gasteiger partial charge in [-0.15, -0.1) is 0 Å². The van der Waals surface area contributed by atoms with Crippen LogP contribution < -0.4 is 4.74 Å². The van der Waals surface area contributed by atoms with Gasteiger partial charge in [-0.1, -0.05) is 164 Å². The molecule has 1 nitrogen and oxygen atoms in total. The van der Waals surface area contributed by atoms with Gasteiger partial charge in [0.05, 0.1) is 0 Å². The van der Waals surface area contributed by atoms with E-state index in [1.807, 2.05) is 0 Å². The third kappa shape index (κ3) is 4.78. The molecule has 9 aromatic carbocycles. The Hall–Kier alpha value is -6.70. The summed E-state index contributed by atoms with van der Waals surface area (Å²) in [6.07, 6.45) is 8.73. The van der Waals surface area contributed by atoms with Crippen LogP contribution in [0.15, 0.2) is 194 Å². The summed E-state index contributed by atoms with van der Waals surface area (Å²) in [4.78, 5) is 0. The van der Waals surface area contributed by atoms with E-state index in [2.05, 4.69) is 194 Å². The molecule has 0 fully saturated rings. The molecule has 2 unspecified atom stereocenters. The number of allylic oxidation sites excluding steroid dienone is 2. The summed E-state index contributed by atoms with van der Waals surface area (Å²) >= 11 is 0. The van der Waals surface area contributed by atoms with Crippen LogP contribution in [0, 0.1) is 0 Å². The van der Waals surface area contributed by atoms with Gasteiger partial charge >= 0.3 is 0 Å². The first kappa shape index (κ1) is 30.0. The van der Waals surface area contributed by atoms with E-state index in [-0.39, 0.29) is 12.0 Å². The molecule has 0 bridgehead atoms. The summed E-state index contributed by atoms with van der Waals surface area (Å²) in [7, 11) is 0. The number of ether oxygens (including phenoxy) is 1. The SMILES string of the molecule is C1=CC2Oc3ccc(-c4ccc(-c5cccc(-c6c7ccccc7c(-c7ccc8ccccc8c7)c7ccccc67)c5)c5ccccc45)cc3C2C=C1. The van der Waals surface area contributed by atoms with E-state index in [4.69, 9.17) is 4.74 Å². The molecule has 0 amide bonds. The number of benzene rings is 9. The van der Waals surface area contributed by atoms with Gasteiger partial charge in [0.1, 0.15) is 11.9 Å². The predicted molar refractivity (Wildman–Crippen MR) is 224 cm³/mol. The van der Waals surface area contributed by atoms with Crippen LogP contribution >= 0.6 is 0 Å². The third-order valence-electron chi connectivity index (χ3n) is 11.4. The lowest BCUT2D eigenvalue weighted by Crippen LogP contribution is -2.15. The molecule has 53 heavy (non-hydrogen) atoms. The van der Waals surface area contributed by atoms with Gasteiger partial charge < -0.3 is 4.74 Å². The number of hydrogen-bond donors (Lipinski definition) is 0. The molecular formula is C52H34O. The molecule has 1 aliphatic heterocycles. The standard InChI is InChI=1S/C52H34O/c1-2-13-34-30-38(25-24-33(34)12-1)52-46-21-7-5-19-44(46)51(45-20-6-8-22-47(45)52)37-15-11-14-35(31-37)39-27-28-40(42-17-4-3-16-41(39)42)36-26-29-50-48(32-36)43-18-9-10-23-49(43)53-50/h1-32,43,49H. The van der Waals surface area contributed by atoms with E-state index in [1.54, 1.807) is 0 Å². The highest BCUT2D eigenvalue weighted by atomic mass is 16.5. The Bertz CT molecular complexity index is 2940. The van der Waals surface area contributed by atoms with E-state index < -0.39 is 0 Å². The molecule has 0 saturated carbocycles. The largest absolute Gasteiger partial charge is 0.485 e. The Morgan fingerprint density at radius 1 is 0.358 bits per heavy atom. The molecule has 1 heterocycles. The van der Waals surface area contributed by atoms with Crippen LogP contribution in [-0.2, 0) is 0 Å². The van der Waals surface area contributed by atoms with Gasteiger partial charge in [0.25, 0.3) is 0 Å². The lowest BCUT2D eigenvalue weighted by atomic mass is 9.84. The van der Waals surface area contributed by atoms with Gasteiger partial charge in [-0.2, -0.15) is 0 Å². The van der Waals surface area contributed by atoms with E-state index in [0.717, 1.165) is 5.75 Å². The van der Waals surface area contributed by atoms with E-state index in [0.29, 0.717) is 0 Å². The Balaban J connectivity index is 1.07. The molecule has 2 aliphatic rings. The van der Waals surface area contributed by atoms with Crippen molar-refractivity contribution in [1.82, 2.24) is 0 Å². The van der Waals surface area contributed by atoms with E-state index in [9.17, 15) is 0 Å². The first-order valence-corrected chi connectivity index (χ1v) is 18.5. The predicted octanol–water partition coefficient (Wildman–Crippen LogP) is 13.9. The maximum absolute atomic E-state index is 6.27. The first-order chi connectivity index (χ1) is 26.3. The zero-order valence-electron chi connectivity index (χ0n) is 29.0. The summed E-state index contributed by atoms with van der Waals surface area (Å²) in [5.74, 6) is 1.25. The average molecular weight is 675 g/mol. The highest BCUT2D eigenvalue weighted by Gasteiger charge is 2.32.